The molecular formula is C14H13N3O2. The van der Waals surface area contributed by atoms with Crippen molar-refractivity contribution in [1.29, 1.82) is 0 Å². The first kappa shape index (κ1) is 11.7. The maximum Gasteiger partial charge on any atom is 0.269 e. The number of H-pyrrole nitrogens is 1. The van der Waals surface area contributed by atoms with Crippen molar-refractivity contribution in [2.45, 2.75) is 0 Å². The van der Waals surface area contributed by atoms with Gasteiger partial charge in [-0.1, -0.05) is 18.2 Å². The van der Waals surface area contributed by atoms with Crippen LogP contribution in [0, 0.1) is 0 Å². The van der Waals surface area contributed by atoms with Crippen LogP contribution in [0.25, 0.3) is 21.8 Å². The van der Waals surface area contributed by atoms with Crippen LogP contribution in [0.1, 0.15) is 10.5 Å². The highest BCUT2D eigenvalue weighted by Crippen LogP contribution is 2.24. The second-order valence-electron chi connectivity index (χ2n) is 4.27. The van der Waals surface area contributed by atoms with E-state index in [0.29, 0.717) is 5.69 Å². The van der Waals surface area contributed by atoms with Gasteiger partial charge in [0.15, 0.2) is 0 Å². The van der Waals surface area contributed by atoms with E-state index < -0.39 is 0 Å². The predicted molar refractivity (Wildman–Crippen MR) is 73.0 cm³/mol. The Morgan fingerprint density at radius 3 is 2.95 bits per heavy atom. The number of benzene rings is 1. The predicted octanol–water partition coefficient (Wildman–Crippen LogP) is 1.44. The lowest BCUT2D eigenvalue weighted by Crippen LogP contribution is -2.27. The number of carbonyl (C=O) groups excluding carboxylic acids is 1. The highest BCUT2D eigenvalue weighted by molar-refractivity contribution is 6.09. The van der Waals surface area contributed by atoms with Crippen LogP contribution in [0.15, 0.2) is 36.5 Å². The summed E-state index contributed by atoms with van der Waals surface area (Å²) in [5.74, 6) is -0.277. The molecule has 1 aromatic carbocycles. The van der Waals surface area contributed by atoms with Crippen LogP contribution in [0.4, 0.5) is 0 Å². The third-order valence-corrected chi connectivity index (χ3v) is 3.02. The summed E-state index contributed by atoms with van der Waals surface area (Å²) in [7, 11) is 0. The van der Waals surface area contributed by atoms with Gasteiger partial charge in [0.2, 0.25) is 0 Å². The normalized spacial score (nSPS) is 11.0. The molecule has 0 aliphatic carbocycles. The number of aromatic nitrogens is 2. The molecule has 5 heteroatoms. The topological polar surface area (TPSA) is 78.0 Å². The number of nitrogens with one attached hydrogen (secondary N) is 2. The fraction of sp³-hybridized carbons (Fsp3) is 0.143. The van der Waals surface area contributed by atoms with Gasteiger partial charge in [0.05, 0.1) is 18.3 Å². The summed E-state index contributed by atoms with van der Waals surface area (Å²) in [5, 5.41) is 13.3. The maximum atomic E-state index is 11.8. The van der Waals surface area contributed by atoms with Crippen LogP contribution in [0.5, 0.6) is 0 Å². The Bertz CT molecular complexity index is 749. The zero-order chi connectivity index (χ0) is 13.2. The van der Waals surface area contributed by atoms with E-state index >= 15 is 0 Å². The fourth-order valence-electron chi connectivity index (χ4n) is 2.13. The van der Waals surface area contributed by atoms with Gasteiger partial charge in [-0.25, -0.2) is 4.98 Å². The van der Waals surface area contributed by atoms with E-state index in [0.717, 1.165) is 21.8 Å². The number of pyridine rings is 1. The van der Waals surface area contributed by atoms with Gasteiger partial charge in [-0.15, -0.1) is 0 Å². The number of aliphatic hydroxyl groups excluding tert-OH is 1. The molecule has 3 aromatic rings. The molecule has 96 valence electrons. The number of carbonyl (C=O) groups is 1. The summed E-state index contributed by atoms with van der Waals surface area (Å²) in [6.45, 7) is 0.146. The molecule has 2 heterocycles. The molecule has 0 spiro atoms. The third kappa shape index (κ3) is 2.04. The number of aliphatic hydroxyl groups is 1. The second kappa shape index (κ2) is 4.70. The molecule has 5 nitrogen and oxygen atoms in total. The zero-order valence-electron chi connectivity index (χ0n) is 10.2. The molecule has 0 atom stereocenters. The van der Waals surface area contributed by atoms with E-state index in [1.807, 2.05) is 24.3 Å². The SMILES string of the molecule is O=C(NCCO)c1cc2c(cn1)[nH]c1ccccc12. The van der Waals surface area contributed by atoms with E-state index in [1.165, 1.54) is 0 Å². The Kier molecular flexibility index (Phi) is 2.89. The largest absolute Gasteiger partial charge is 0.395 e. The van der Waals surface area contributed by atoms with Crippen molar-refractivity contribution < 1.29 is 9.90 Å². The standard InChI is InChI=1S/C14H13N3O2/c18-6-5-15-14(19)12-7-10-9-3-1-2-4-11(9)17-13(10)8-16-12/h1-4,7-8,17-18H,5-6H2,(H,15,19). The Morgan fingerprint density at radius 1 is 1.26 bits per heavy atom. The molecule has 3 N–H and O–H groups in total. The van der Waals surface area contributed by atoms with Gasteiger partial charge in [0.1, 0.15) is 5.69 Å². The molecule has 0 aliphatic rings. The first-order chi connectivity index (χ1) is 9.29. The first-order valence-corrected chi connectivity index (χ1v) is 6.05. The van der Waals surface area contributed by atoms with Crippen LogP contribution in [-0.2, 0) is 0 Å². The second-order valence-corrected chi connectivity index (χ2v) is 4.27. The van der Waals surface area contributed by atoms with E-state index in [1.54, 1.807) is 12.3 Å². The lowest BCUT2D eigenvalue weighted by Gasteiger charge is -2.02. The van der Waals surface area contributed by atoms with Gasteiger partial charge in [-0.05, 0) is 12.1 Å². The molecule has 0 fully saturated rings. The van der Waals surface area contributed by atoms with Gasteiger partial charge >= 0.3 is 0 Å². The molecule has 0 radical (unpaired) electrons. The Labute approximate surface area is 109 Å². The third-order valence-electron chi connectivity index (χ3n) is 3.02. The fourth-order valence-corrected chi connectivity index (χ4v) is 2.13. The van der Waals surface area contributed by atoms with E-state index in [4.69, 9.17) is 5.11 Å². The van der Waals surface area contributed by atoms with Crippen LogP contribution >= 0.6 is 0 Å². The molecule has 0 unspecified atom stereocenters. The van der Waals surface area contributed by atoms with Crippen molar-refractivity contribution in [1.82, 2.24) is 15.3 Å². The van der Waals surface area contributed by atoms with Crippen LogP contribution in [-0.4, -0.2) is 34.1 Å². The minimum atomic E-state index is -0.277. The Hall–Kier alpha value is -2.40. The number of aromatic amines is 1. The van der Waals surface area contributed by atoms with E-state index in [9.17, 15) is 4.79 Å². The highest BCUT2D eigenvalue weighted by atomic mass is 16.3. The van der Waals surface area contributed by atoms with Gasteiger partial charge in [-0.3, -0.25) is 4.79 Å². The molecule has 0 saturated heterocycles. The number of nitrogens with zero attached hydrogens (tertiary/aromatic N) is 1. The summed E-state index contributed by atoms with van der Waals surface area (Å²) < 4.78 is 0. The number of hydrogen-bond acceptors (Lipinski definition) is 3. The zero-order valence-corrected chi connectivity index (χ0v) is 10.2. The number of amides is 1. The average Bonchev–Trinajstić information content (AvgIpc) is 2.82. The van der Waals surface area contributed by atoms with Crippen molar-refractivity contribution >= 4 is 27.7 Å². The van der Waals surface area contributed by atoms with E-state index in [2.05, 4.69) is 15.3 Å². The van der Waals surface area contributed by atoms with Crippen LogP contribution in [0.2, 0.25) is 0 Å². The number of para-hydroxylation sites is 1. The Morgan fingerprint density at radius 2 is 2.11 bits per heavy atom. The molecule has 0 aliphatic heterocycles. The summed E-state index contributed by atoms with van der Waals surface area (Å²) in [6, 6.07) is 9.67. The minimum absolute atomic E-state index is 0.0823. The summed E-state index contributed by atoms with van der Waals surface area (Å²) in [4.78, 5) is 19.2. The summed E-state index contributed by atoms with van der Waals surface area (Å²) in [5.41, 5.74) is 2.28. The number of rotatable bonds is 3. The maximum absolute atomic E-state index is 11.8. The quantitative estimate of drug-likeness (QED) is 0.662. The smallest absolute Gasteiger partial charge is 0.269 e. The minimum Gasteiger partial charge on any atom is -0.395 e. The molecule has 3 rings (SSSR count). The van der Waals surface area contributed by atoms with Gasteiger partial charge in [0, 0.05) is 22.8 Å². The number of hydrogen-bond donors (Lipinski definition) is 3. The molecule has 0 saturated carbocycles. The number of fused-ring (bicyclic) bond motifs is 3. The highest BCUT2D eigenvalue weighted by Gasteiger charge is 2.10. The van der Waals surface area contributed by atoms with E-state index in [-0.39, 0.29) is 19.1 Å². The van der Waals surface area contributed by atoms with Gasteiger partial charge in [-0.2, -0.15) is 0 Å². The van der Waals surface area contributed by atoms with Gasteiger partial charge in [0.25, 0.3) is 5.91 Å². The van der Waals surface area contributed by atoms with Gasteiger partial charge < -0.3 is 15.4 Å². The van der Waals surface area contributed by atoms with Crippen molar-refractivity contribution in [3.05, 3.63) is 42.2 Å². The van der Waals surface area contributed by atoms with Crippen LogP contribution in [0.3, 0.4) is 0 Å². The first-order valence-electron chi connectivity index (χ1n) is 6.05. The average molecular weight is 255 g/mol. The lowest BCUT2D eigenvalue weighted by molar-refractivity contribution is 0.0940. The molecule has 0 bridgehead atoms. The molecule has 1 amide bonds. The summed E-state index contributed by atoms with van der Waals surface area (Å²) in [6.07, 6.45) is 1.66. The lowest BCUT2D eigenvalue weighted by atomic mass is 10.1. The van der Waals surface area contributed by atoms with Crippen molar-refractivity contribution in [2.75, 3.05) is 13.2 Å². The van der Waals surface area contributed by atoms with Crippen molar-refractivity contribution in [3.8, 4) is 0 Å². The van der Waals surface area contributed by atoms with Crippen LogP contribution < -0.4 is 5.32 Å². The molecule has 19 heavy (non-hydrogen) atoms. The summed E-state index contributed by atoms with van der Waals surface area (Å²) >= 11 is 0. The monoisotopic (exact) mass is 255 g/mol. The van der Waals surface area contributed by atoms with Crippen molar-refractivity contribution in [2.24, 2.45) is 0 Å². The Balaban J connectivity index is 2.09. The molecular weight excluding hydrogens is 242 g/mol. The molecule has 2 aromatic heterocycles. The van der Waals surface area contributed by atoms with Crippen molar-refractivity contribution in [3.63, 3.8) is 0 Å².